The summed E-state index contributed by atoms with van der Waals surface area (Å²) in [5, 5.41) is 4.80. The minimum absolute atomic E-state index is 0.125. The van der Waals surface area contributed by atoms with Gasteiger partial charge in [-0.15, -0.1) is 0 Å². The summed E-state index contributed by atoms with van der Waals surface area (Å²) in [7, 11) is 1.61. The standard InChI is InChI=1S/C26H27NO5/c1-14-17(4)31-24-16(3)25-22(12-21(14)24)15(2)20(26(29)32-25)9-10-23(28)27-13-18-7-6-8-19(11-18)30-5/h6-8,11-12H,9-10,13H2,1-5H3,(H,27,28). The summed E-state index contributed by atoms with van der Waals surface area (Å²) < 4.78 is 16.8. The molecule has 2 aromatic carbocycles. The lowest BCUT2D eigenvalue weighted by atomic mass is 9.98. The Morgan fingerprint density at radius 3 is 2.44 bits per heavy atom. The molecular formula is C26H27NO5. The fourth-order valence-corrected chi connectivity index (χ4v) is 4.09. The molecule has 6 heteroatoms. The van der Waals surface area contributed by atoms with Gasteiger partial charge in [0.05, 0.1) is 7.11 Å². The SMILES string of the molecule is COc1cccc(CNC(=O)CCc2c(C)c3cc4c(C)c(C)oc4c(C)c3oc2=O)c1. The van der Waals surface area contributed by atoms with E-state index in [1.54, 1.807) is 7.11 Å². The van der Waals surface area contributed by atoms with Crippen LogP contribution >= 0.6 is 0 Å². The molecule has 32 heavy (non-hydrogen) atoms. The molecule has 0 aliphatic heterocycles. The van der Waals surface area contributed by atoms with E-state index in [1.807, 2.05) is 58.0 Å². The summed E-state index contributed by atoms with van der Waals surface area (Å²) in [6.45, 7) is 8.17. The summed E-state index contributed by atoms with van der Waals surface area (Å²) >= 11 is 0. The third kappa shape index (κ3) is 3.88. The molecule has 0 aliphatic rings. The van der Waals surface area contributed by atoms with Gasteiger partial charge in [0.2, 0.25) is 5.91 Å². The maximum atomic E-state index is 12.7. The van der Waals surface area contributed by atoms with Crippen LogP contribution in [0.2, 0.25) is 0 Å². The Kier molecular flexibility index (Phi) is 5.78. The second-order valence-electron chi connectivity index (χ2n) is 8.16. The number of amides is 1. The second kappa shape index (κ2) is 8.54. The molecule has 0 aliphatic carbocycles. The Bertz CT molecular complexity index is 1390. The normalized spacial score (nSPS) is 11.3. The third-order valence-corrected chi connectivity index (χ3v) is 6.17. The number of carbonyl (C=O) groups excluding carboxylic acids is 1. The van der Waals surface area contributed by atoms with E-state index in [4.69, 9.17) is 13.6 Å². The molecule has 0 atom stereocenters. The van der Waals surface area contributed by atoms with Gasteiger partial charge in [-0.05, 0) is 69.0 Å². The lowest BCUT2D eigenvalue weighted by Crippen LogP contribution is -2.24. The topological polar surface area (TPSA) is 81.7 Å². The Balaban J connectivity index is 1.56. The van der Waals surface area contributed by atoms with Crippen LogP contribution in [-0.4, -0.2) is 13.0 Å². The fraction of sp³-hybridized carbons (Fsp3) is 0.308. The predicted octanol–water partition coefficient (Wildman–Crippen LogP) is 5.03. The maximum absolute atomic E-state index is 12.7. The van der Waals surface area contributed by atoms with Crippen molar-refractivity contribution in [2.75, 3.05) is 7.11 Å². The first-order chi connectivity index (χ1) is 15.3. The smallest absolute Gasteiger partial charge is 0.339 e. The molecule has 0 saturated carbocycles. The first-order valence-electron chi connectivity index (χ1n) is 10.7. The van der Waals surface area contributed by atoms with Crippen molar-refractivity contribution in [3.63, 3.8) is 0 Å². The number of rotatable bonds is 6. The summed E-state index contributed by atoms with van der Waals surface area (Å²) in [4.78, 5) is 25.2. The van der Waals surface area contributed by atoms with Crippen molar-refractivity contribution in [1.29, 1.82) is 0 Å². The number of furan rings is 1. The molecule has 6 nitrogen and oxygen atoms in total. The third-order valence-electron chi connectivity index (χ3n) is 6.17. The van der Waals surface area contributed by atoms with Gasteiger partial charge in [-0.3, -0.25) is 4.79 Å². The van der Waals surface area contributed by atoms with E-state index in [9.17, 15) is 9.59 Å². The van der Waals surface area contributed by atoms with Gasteiger partial charge in [0, 0.05) is 34.9 Å². The van der Waals surface area contributed by atoms with Crippen LogP contribution in [0, 0.1) is 27.7 Å². The van der Waals surface area contributed by atoms with Crippen molar-refractivity contribution in [3.05, 3.63) is 74.3 Å². The van der Waals surface area contributed by atoms with Gasteiger partial charge in [-0.1, -0.05) is 12.1 Å². The molecule has 0 fully saturated rings. The number of methoxy groups -OCH3 is 1. The van der Waals surface area contributed by atoms with E-state index in [2.05, 4.69) is 5.32 Å². The van der Waals surface area contributed by atoms with Gasteiger partial charge < -0.3 is 18.9 Å². The predicted molar refractivity (Wildman–Crippen MR) is 124 cm³/mol. The van der Waals surface area contributed by atoms with Crippen molar-refractivity contribution in [1.82, 2.24) is 5.32 Å². The van der Waals surface area contributed by atoms with E-state index >= 15 is 0 Å². The number of benzene rings is 2. The van der Waals surface area contributed by atoms with Gasteiger partial charge in [0.15, 0.2) is 0 Å². The van der Waals surface area contributed by atoms with Crippen LogP contribution in [0.1, 0.15) is 40.0 Å². The summed E-state index contributed by atoms with van der Waals surface area (Å²) in [5.41, 5.74) is 5.11. The van der Waals surface area contributed by atoms with Crippen LogP contribution in [0.4, 0.5) is 0 Å². The molecule has 2 heterocycles. The summed E-state index contributed by atoms with van der Waals surface area (Å²) in [6, 6.07) is 9.56. The Morgan fingerprint density at radius 1 is 0.969 bits per heavy atom. The molecule has 1 N–H and O–H groups in total. The van der Waals surface area contributed by atoms with Gasteiger partial charge in [-0.25, -0.2) is 4.79 Å². The maximum Gasteiger partial charge on any atom is 0.339 e. The molecule has 0 saturated heterocycles. The zero-order valence-electron chi connectivity index (χ0n) is 19.0. The minimum Gasteiger partial charge on any atom is -0.497 e. The van der Waals surface area contributed by atoms with Crippen LogP contribution in [0.15, 0.2) is 44.0 Å². The van der Waals surface area contributed by atoms with Gasteiger partial charge in [0.1, 0.15) is 22.7 Å². The van der Waals surface area contributed by atoms with Crippen LogP contribution < -0.4 is 15.7 Å². The number of aryl methyl sites for hydroxylation is 4. The molecule has 1 amide bonds. The van der Waals surface area contributed by atoms with Gasteiger partial charge in [-0.2, -0.15) is 0 Å². The van der Waals surface area contributed by atoms with Gasteiger partial charge in [0.25, 0.3) is 0 Å². The van der Waals surface area contributed by atoms with Crippen molar-refractivity contribution in [2.24, 2.45) is 0 Å². The number of nitrogens with one attached hydrogen (secondary N) is 1. The average molecular weight is 434 g/mol. The summed E-state index contributed by atoms with van der Waals surface area (Å²) in [5.74, 6) is 1.47. The number of hydrogen-bond donors (Lipinski definition) is 1. The van der Waals surface area contributed by atoms with Crippen molar-refractivity contribution >= 4 is 27.8 Å². The average Bonchev–Trinajstić information content (AvgIpc) is 3.07. The molecular weight excluding hydrogens is 406 g/mol. The molecule has 4 rings (SSSR count). The lowest BCUT2D eigenvalue weighted by molar-refractivity contribution is -0.121. The molecule has 166 valence electrons. The van der Waals surface area contributed by atoms with Crippen LogP contribution in [0.25, 0.3) is 21.9 Å². The Hall–Kier alpha value is -3.54. The molecule has 0 radical (unpaired) electrons. The van der Waals surface area contributed by atoms with Crippen molar-refractivity contribution < 1.29 is 18.4 Å². The lowest BCUT2D eigenvalue weighted by Gasteiger charge is -2.10. The fourth-order valence-electron chi connectivity index (χ4n) is 4.09. The van der Waals surface area contributed by atoms with E-state index in [1.165, 1.54) is 0 Å². The molecule has 0 bridgehead atoms. The quantitative estimate of drug-likeness (QED) is 0.431. The molecule has 0 spiro atoms. The number of hydrogen-bond acceptors (Lipinski definition) is 5. The zero-order valence-corrected chi connectivity index (χ0v) is 19.0. The highest BCUT2D eigenvalue weighted by Gasteiger charge is 2.19. The van der Waals surface area contributed by atoms with E-state index in [-0.39, 0.29) is 12.3 Å². The largest absolute Gasteiger partial charge is 0.497 e. The highest BCUT2D eigenvalue weighted by atomic mass is 16.5. The Labute approximate surface area is 186 Å². The van der Waals surface area contributed by atoms with Crippen LogP contribution in [-0.2, 0) is 17.8 Å². The molecule has 4 aromatic rings. The minimum atomic E-state index is -0.405. The Morgan fingerprint density at radius 2 is 1.69 bits per heavy atom. The van der Waals surface area contributed by atoms with E-state index in [0.717, 1.165) is 50.1 Å². The molecule has 2 aromatic heterocycles. The van der Waals surface area contributed by atoms with Crippen LogP contribution in [0.3, 0.4) is 0 Å². The molecule has 0 unspecified atom stereocenters. The van der Waals surface area contributed by atoms with Crippen molar-refractivity contribution in [2.45, 2.75) is 47.1 Å². The van der Waals surface area contributed by atoms with Gasteiger partial charge >= 0.3 is 5.63 Å². The zero-order chi connectivity index (χ0) is 23.0. The van der Waals surface area contributed by atoms with Crippen molar-refractivity contribution in [3.8, 4) is 5.75 Å². The first-order valence-corrected chi connectivity index (χ1v) is 10.7. The van der Waals surface area contributed by atoms with E-state index in [0.29, 0.717) is 24.1 Å². The number of ether oxygens (including phenoxy) is 1. The van der Waals surface area contributed by atoms with Crippen LogP contribution in [0.5, 0.6) is 5.75 Å². The highest BCUT2D eigenvalue weighted by molar-refractivity contribution is 6.00. The monoisotopic (exact) mass is 433 g/mol. The first kappa shape index (κ1) is 21.7. The highest BCUT2D eigenvalue weighted by Crippen LogP contribution is 2.34. The van der Waals surface area contributed by atoms with E-state index < -0.39 is 5.63 Å². The summed E-state index contributed by atoms with van der Waals surface area (Å²) in [6.07, 6.45) is 0.515. The number of fused-ring (bicyclic) bond motifs is 2. The number of carbonyl (C=O) groups is 1. The second-order valence-corrected chi connectivity index (χ2v) is 8.16.